The first-order valence-electron chi connectivity index (χ1n) is 6.38. The van der Waals surface area contributed by atoms with Gasteiger partial charge in [-0.2, -0.15) is 0 Å². The molecule has 3 heteroatoms. The molecule has 17 heavy (non-hydrogen) atoms. The van der Waals surface area contributed by atoms with Crippen molar-refractivity contribution in [2.75, 3.05) is 19.9 Å². The van der Waals surface area contributed by atoms with Gasteiger partial charge in [0.1, 0.15) is 0 Å². The normalized spacial score (nSPS) is 22.8. The highest BCUT2D eigenvalue weighted by atomic mass is 16.7. The third-order valence-corrected chi connectivity index (χ3v) is 4.00. The van der Waals surface area contributed by atoms with Crippen LogP contribution in [0.1, 0.15) is 35.4 Å². The van der Waals surface area contributed by atoms with Gasteiger partial charge in [0.2, 0.25) is 6.79 Å². The average molecular weight is 233 g/mol. The van der Waals surface area contributed by atoms with Crippen LogP contribution < -0.4 is 14.8 Å². The van der Waals surface area contributed by atoms with Gasteiger partial charge in [-0.25, -0.2) is 0 Å². The Bertz CT molecular complexity index is 436. The summed E-state index contributed by atoms with van der Waals surface area (Å²) in [6.07, 6.45) is 2.53. The molecule has 0 amide bonds. The molecular formula is C14H19NO2. The van der Waals surface area contributed by atoms with E-state index in [1.54, 1.807) is 0 Å². The van der Waals surface area contributed by atoms with E-state index in [4.69, 9.17) is 9.47 Å². The van der Waals surface area contributed by atoms with E-state index in [0.29, 0.717) is 12.7 Å². The van der Waals surface area contributed by atoms with E-state index in [-0.39, 0.29) is 0 Å². The van der Waals surface area contributed by atoms with E-state index < -0.39 is 0 Å². The zero-order valence-electron chi connectivity index (χ0n) is 10.5. The number of benzene rings is 1. The Morgan fingerprint density at radius 3 is 2.88 bits per heavy atom. The maximum atomic E-state index is 5.52. The fraction of sp³-hybridized carbons (Fsp3) is 0.571. The van der Waals surface area contributed by atoms with Crippen LogP contribution in [0.25, 0.3) is 0 Å². The quantitative estimate of drug-likeness (QED) is 0.808. The van der Waals surface area contributed by atoms with Crippen molar-refractivity contribution >= 4 is 0 Å². The summed E-state index contributed by atoms with van der Waals surface area (Å²) in [5.74, 6) is 2.49. The molecule has 1 atom stereocenters. The summed E-state index contributed by atoms with van der Waals surface area (Å²) >= 11 is 0. The molecule has 1 aromatic carbocycles. The third-order valence-electron chi connectivity index (χ3n) is 4.00. The topological polar surface area (TPSA) is 30.5 Å². The highest BCUT2D eigenvalue weighted by Gasteiger charge is 2.24. The van der Waals surface area contributed by atoms with Crippen molar-refractivity contribution in [1.82, 2.24) is 5.32 Å². The largest absolute Gasteiger partial charge is 0.454 e. The summed E-state index contributed by atoms with van der Waals surface area (Å²) in [5.41, 5.74) is 4.03. The first-order chi connectivity index (χ1) is 8.27. The highest BCUT2D eigenvalue weighted by molar-refractivity contribution is 5.55. The molecule has 0 spiro atoms. The van der Waals surface area contributed by atoms with Crippen molar-refractivity contribution in [3.8, 4) is 11.5 Å². The van der Waals surface area contributed by atoms with Crippen LogP contribution in [0, 0.1) is 13.8 Å². The molecule has 1 N–H and O–H groups in total. The SMILES string of the molecule is Cc1c(C2CCCNC2)cc2c(c1C)OCO2. The van der Waals surface area contributed by atoms with Crippen molar-refractivity contribution in [2.45, 2.75) is 32.6 Å². The Kier molecular flexibility index (Phi) is 2.71. The number of nitrogens with one attached hydrogen (secondary N) is 1. The lowest BCUT2D eigenvalue weighted by Gasteiger charge is -2.25. The molecule has 1 aromatic rings. The van der Waals surface area contributed by atoms with Gasteiger partial charge in [0, 0.05) is 6.54 Å². The maximum Gasteiger partial charge on any atom is 0.231 e. The second kappa shape index (κ2) is 4.22. The monoisotopic (exact) mass is 233 g/mol. The molecule has 0 aliphatic carbocycles. The molecule has 0 aromatic heterocycles. The molecule has 92 valence electrons. The minimum absolute atomic E-state index is 0.363. The molecule has 1 unspecified atom stereocenters. The predicted molar refractivity (Wildman–Crippen MR) is 66.9 cm³/mol. The van der Waals surface area contributed by atoms with Crippen LogP contribution in [0.3, 0.4) is 0 Å². The van der Waals surface area contributed by atoms with Gasteiger partial charge in [-0.15, -0.1) is 0 Å². The van der Waals surface area contributed by atoms with Crippen molar-refractivity contribution in [3.05, 3.63) is 22.8 Å². The van der Waals surface area contributed by atoms with E-state index in [1.165, 1.54) is 29.5 Å². The first kappa shape index (κ1) is 10.9. The van der Waals surface area contributed by atoms with Crippen LogP contribution in [-0.2, 0) is 0 Å². The molecule has 0 saturated carbocycles. The second-order valence-electron chi connectivity index (χ2n) is 4.99. The number of hydrogen-bond donors (Lipinski definition) is 1. The number of fused-ring (bicyclic) bond motifs is 1. The Labute approximate surface area is 102 Å². The van der Waals surface area contributed by atoms with E-state index in [2.05, 4.69) is 25.2 Å². The summed E-state index contributed by atoms with van der Waals surface area (Å²) in [6, 6.07) is 2.18. The van der Waals surface area contributed by atoms with Crippen molar-refractivity contribution in [3.63, 3.8) is 0 Å². The zero-order valence-corrected chi connectivity index (χ0v) is 10.5. The maximum absolute atomic E-state index is 5.52. The molecule has 3 nitrogen and oxygen atoms in total. The summed E-state index contributed by atoms with van der Waals surface area (Å²) in [7, 11) is 0. The van der Waals surface area contributed by atoms with Crippen LogP contribution in [0.2, 0.25) is 0 Å². The lowest BCUT2D eigenvalue weighted by atomic mass is 9.86. The van der Waals surface area contributed by atoms with Gasteiger partial charge in [0.25, 0.3) is 0 Å². The molecule has 2 heterocycles. The lowest BCUT2D eigenvalue weighted by Crippen LogP contribution is -2.28. The van der Waals surface area contributed by atoms with E-state index in [0.717, 1.165) is 24.6 Å². The van der Waals surface area contributed by atoms with E-state index in [1.807, 2.05) is 0 Å². The van der Waals surface area contributed by atoms with Gasteiger partial charge in [-0.3, -0.25) is 0 Å². The van der Waals surface area contributed by atoms with Gasteiger partial charge in [-0.05, 0) is 61.9 Å². The third kappa shape index (κ3) is 1.78. The Morgan fingerprint density at radius 1 is 1.24 bits per heavy atom. The molecule has 0 bridgehead atoms. The smallest absolute Gasteiger partial charge is 0.231 e. The van der Waals surface area contributed by atoms with Gasteiger partial charge in [0.15, 0.2) is 11.5 Å². The molecule has 2 aliphatic rings. The molecule has 1 saturated heterocycles. The fourth-order valence-electron chi connectivity index (χ4n) is 2.87. The van der Waals surface area contributed by atoms with Crippen molar-refractivity contribution < 1.29 is 9.47 Å². The molecule has 2 aliphatic heterocycles. The minimum Gasteiger partial charge on any atom is -0.454 e. The van der Waals surface area contributed by atoms with Gasteiger partial charge in [-0.1, -0.05) is 0 Å². The average Bonchev–Trinajstić information content (AvgIpc) is 2.83. The van der Waals surface area contributed by atoms with Gasteiger partial charge >= 0.3 is 0 Å². The second-order valence-corrected chi connectivity index (χ2v) is 4.99. The van der Waals surface area contributed by atoms with E-state index in [9.17, 15) is 0 Å². The molecular weight excluding hydrogens is 214 g/mol. The van der Waals surface area contributed by atoms with E-state index >= 15 is 0 Å². The number of ether oxygens (including phenoxy) is 2. The molecule has 1 fully saturated rings. The molecule has 0 radical (unpaired) electrons. The van der Waals surface area contributed by atoms with Gasteiger partial charge in [0.05, 0.1) is 0 Å². The fourth-order valence-corrected chi connectivity index (χ4v) is 2.87. The van der Waals surface area contributed by atoms with Crippen LogP contribution in [0.5, 0.6) is 11.5 Å². The number of piperidine rings is 1. The van der Waals surface area contributed by atoms with Crippen molar-refractivity contribution in [1.29, 1.82) is 0 Å². The molecule has 3 rings (SSSR count). The summed E-state index contributed by atoms with van der Waals surface area (Å²) in [6.45, 7) is 6.92. The van der Waals surface area contributed by atoms with Crippen molar-refractivity contribution in [2.24, 2.45) is 0 Å². The summed E-state index contributed by atoms with van der Waals surface area (Å²) in [4.78, 5) is 0. The number of rotatable bonds is 1. The summed E-state index contributed by atoms with van der Waals surface area (Å²) < 4.78 is 11.0. The van der Waals surface area contributed by atoms with Crippen LogP contribution >= 0.6 is 0 Å². The first-order valence-corrected chi connectivity index (χ1v) is 6.38. The Hall–Kier alpha value is -1.22. The lowest BCUT2D eigenvalue weighted by molar-refractivity contribution is 0.173. The summed E-state index contributed by atoms with van der Waals surface area (Å²) in [5, 5.41) is 3.48. The predicted octanol–water partition coefficient (Wildman–Crippen LogP) is 2.50. The Morgan fingerprint density at radius 2 is 2.12 bits per heavy atom. The van der Waals surface area contributed by atoms with Crippen LogP contribution in [0.15, 0.2) is 6.07 Å². The highest BCUT2D eigenvalue weighted by Crippen LogP contribution is 2.41. The number of hydrogen-bond acceptors (Lipinski definition) is 3. The zero-order chi connectivity index (χ0) is 11.8. The standard InChI is InChI=1S/C14H19NO2/c1-9-10(2)14-13(16-8-17-14)6-12(9)11-4-3-5-15-7-11/h6,11,15H,3-5,7-8H2,1-2H3. The Balaban J connectivity index is 2.01. The minimum atomic E-state index is 0.363. The van der Waals surface area contributed by atoms with Crippen LogP contribution in [0.4, 0.5) is 0 Å². The van der Waals surface area contributed by atoms with Gasteiger partial charge < -0.3 is 14.8 Å². The van der Waals surface area contributed by atoms with Crippen LogP contribution in [-0.4, -0.2) is 19.9 Å².